The average molecular weight is 409 g/mol. The van der Waals surface area contributed by atoms with E-state index < -0.39 is 0 Å². The number of carbonyl (C=O) groups is 1. The summed E-state index contributed by atoms with van der Waals surface area (Å²) in [5.74, 6) is 0.895. The van der Waals surface area contributed by atoms with Crippen molar-refractivity contribution >= 4 is 29.4 Å². The van der Waals surface area contributed by atoms with Gasteiger partial charge in [-0.1, -0.05) is 18.9 Å². The summed E-state index contributed by atoms with van der Waals surface area (Å²) in [4.78, 5) is 17.9. The molecule has 0 aromatic heterocycles. The molecule has 2 atom stereocenters. The molecule has 27 heavy (non-hydrogen) atoms. The van der Waals surface area contributed by atoms with E-state index in [1.54, 1.807) is 0 Å². The van der Waals surface area contributed by atoms with Gasteiger partial charge >= 0.3 is 0 Å². The van der Waals surface area contributed by atoms with E-state index in [1.807, 2.05) is 35.5 Å². The largest absolute Gasteiger partial charge is 0.345 e. The summed E-state index contributed by atoms with van der Waals surface area (Å²) < 4.78 is 0. The summed E-state index contributed by atoms with van der Waals surface area (Å²) in [6.45, 7) is 6.24. The SMILES string of the molecule is Cc1ccc(SC2CCCCC2SCC(=O)N(C)CCCN(C)C)cc1C. The first-order valence-electron chi connectivity index (χ1n) is 10.1. The van der Waals surface area contributed by atoms with E-state index >= 15 is 0 Å². The molecule has 0 heterocycles. The molecule has 5 heteroatoms. The van der Waals surface area contributed by atoms with Crippen molar-refractivity contribution < 1.29 is 4.79 Å². The number of rotatable bonds is 9. The highest BCUT2D eigenvalue weighted by molar-refractivity contribution is 8.04. The van der Waals surface area contributed by atoms with Crippen LogP contribution >= 0.6 is 23.5 Å². The number of benzene rings is 1. The Bertz CT molecular complexity index is 606. The van der Waals surface area contributed by atoms with Crippen LogP contribution in [0.3, 0.4) is 0 Å². The highest BCUT2D eigenvalue weighted by Gasteiger charge is 2.27. The van der Waals surface area contributed by atoms with Crippen LogP contribution in [0.2, 0.25) is 0 Å². The van der Waals surface area contributed by atoms with Gasteiger partial charge in [-0.3, -0.25) is 4.79 Å². The van der Waals surface area contributed by atoms with Gasteiger partial charge in [0.25, 0.3) is 0 Å². The predicted octanol–water partition coefficient (Wildman–Crippen LogP) is 4.85. The minimum atomic E-state index is 0.277. The van der Waals surface area contributed by atoms with Crippen LogP contribution in [0.1, 0.15) is 43.2 Å². The quantitative estimate of drug-likeness (QED) is 0.583. The molecule has 1 fully saturated rings. The third kappa shape index (κ3) is 7.71. The molecular formula is C22H36N2OS2. The van der Waals surface area contributed by atoms with Gasteiger partial charge in [-0.25, -0.2) is 0 Å². The lowest BCUT2D eigenvalue weighted by Crippen LogP contribution is -2.33. The van der Waals surface area contributed by atoms with Crippen LogP contribution < -0.4 is 0 Å². The third-order valence-corrected chi connectivity index (χ3v) is 8.32. The Kier molecular flexibility index (Phi) is 9.54. The molecule has 152 valence electrons. The lowest BCUT2D eigenvalue weighted by atomic mass is 10.00. The Morgan fingerprint density at radius 1 is 1.04 bits per heavy atom. The lowest BCUT2D eigenvalue weighted by molar-refractivity contribution is -0.127. The van der Waals surface area contributed by atoms with E-state index in [0.29, 0.717) is 16.3 Å². The number of hydrogen-bond acceptors (Lipinski definition) is 4. The fourth-order valence-electron chi connectivity index (χ4n) is 3.39. The van der Waals surface area contributed by atoms with Crippen LogP contribution in [0.15, 0.2) is 23.1 Å². The Morgan fingerprint density at radius 2 is 1.74 bits per heavy atom. The molecule has 0 N–H and O–H groups in total. The number of nitrogens with zero attached hydrogens (tertiary/aromatic N) is 2. The van der Waals surface area contributed by atoms with E-state index in [1.165, 1.54) is 41.7 Å². The van der Waals surface area contributed by atoms with Crippen LogP contribution in [0.4, 0.5) is 0 Å². The third-order valence-electron chi connectivity index (χ3n) is 5.35. The van der Waals surface area contributed by atoms with E-state index in [-0.39, 0.29) is 5.91 Å². The van der Waals surface area contributed by atoms with Crippen molar-refractivity contribution in [3.05, 3.63) is 29.3 Å². The monoisotopic (exact) mass is 408 g/mol. The van der Waals surface area contributed by atoms with Gasteiger partial charge in [-0.15, -0.1) is 23.5 Å². The van der Waals surface area contributed by atoms with Crippen molar-refractivity contribution in [1.29, 1.82) is 0 Å². The molecule has 0 spiro atoms. The standard InChI is InChI=1S/C22H36N2OS2/c1-17-11-12-19(15-18(17)2)27-21-10-7-6-9-20(21)26-16-22(25)24(5)14-8-13-23(3)4/h11-12,15,20-21H,6-10,13-14,16H2,1-5H3. The van der Waals surface area contributed by atoms with Crippen molar-refractivity contribution in [2.45, 2.75) is 61.3 Å². The zero-order chi connectivity index (χ0) is 19.8. The minimum absolute atomic E-state index is 0.277. The zero-order valence-electron chi connectivity index (χ0n) is 17.7. The van der Waals surface area contributed by atoms with Gasteiger partial charge in [-0.2, -0.15) is 0 Å². The van der Waals surface area contributed by atoms with Crippen molar-refractivity contribution in [3.8, 4) is 0 Å². The fourth-order valence-corrected chi connectivity index (χ4v) is 6.36. The van der Waals surface area contributed by atoms with Crippen LogP contribution in [0, 0.1) is 13.8 Å². The lowest BCUT2D eigenvalue weighted by Gasteiger charge is -2.31. The molecule has 1 aromatic rings. The highest BCUT2D eigenvalue weighted by Crippen LogP contribution is 2.39. The van der Waals surface area contributed by atoms with Crippen molar-refractivity contribution in [2.75, 3.05) is 40.0 Å². The Hall–Kier alpha value is -0.650. The maximum absolute atomic E-state index is 12.5. The smallest absolute Gasteiger partial charge is 0.232 e. The first-order valence-corrected chi connectivity index (χ1v) is 12.0. The Balaban J connectivity index is 1.83. The topological polar surface area (TPSA) is 23.6 Å². The normalized spacial score (nSPS) is 20.1. The molecule has 0 saturated heterocycles. The maximum atomic E-state index is 12.5. The molecule has 2 unspecified atom stereocenters. The molecule has 1 aromatic carbocycles. The molecule has 0 radical (unpaired) electrons. The average Bonchev–Trinajstić information content (AvgIpc) is 2.63. The summed E-state index contributed by atoms with van der Waals surface area (Å²) in [6.07, 6.45) is 6.16. The Labute approximate surface area is 174 Å². The molecule has 1 saturated carbocycles. The number of thioether (sulfide) groups is 2. The number of aryl methyl sites for hydroxylation is 2. The van der Waals surface area contributed by atoms with Crippen LogP contribution in [-0.4, -0.2) is 66.2 Å². The molecule has 2 rings (SSSR count). The molecule has 0 aliphatic heterocycles. The second kappa shape index (κ2) is 11.4. The van der Waals surface area contributed by atoms with Gasteiger partial charge < -0.3 is 9.80 Å². The van der Waals surface area contributed by atoms with E-state index in [2.05, 4.69) is 51.0 Å². The summed E-state index contributed by atoms with van der Waals surface area (Å²) in [5.41, 5.74) is 2.73. The summed E-state index contributed by atoms with van der Waals surface area (Å²) in [5, 5.41) is 1.21. The van der Waals surface area contributed by atoms with Gasteiger partial charge in [-0.05, 0) is 77.0 Å². The van der Waals surface area contributed by atoms with Crippen molar-refractivity contribution in [3.63, 3.8) is 0 Å². The summed E-state index contributed by atoms with van der Waals surface area (Å²) >= 11 is 3.91. The highest BCUT2D eigenvalue weighted by atomic mass is 32.2. The van der Waals surface area contributed by atoms with Crippen molar-refractivity contribution in [2.24, 2.45) is 0 Å². The first-order chi connectivity index (χ1) is 12.9. The van der Waals surface area contributed by atoms with E-state index in [4.69, 9.17) is 0 Å². The molecule has 0 bridgehead atoms. The van der Waals surface area contributed by atoms with Crippen LogP contribution in [0.25, 0.3) is 0 Å². The van der Waals surface area contributed by atoms with E-state index in [9.17, 15) is 4.79 Å². The van der Waals surface area contributed by atoms with Gasteiger partial charge in [0.05, 0.1) is 5.75 Å². The van der Waals surface area contributed by atoms with Gasteiger partial charge in [0.15, 0.2) is 0 Å². The van der Waals surface area contributed by atoms with E-state index in [0.717, 1.165) is 19.5 Å². The second-order valence-corrected chi connectivity index (χ2v) is 10.5. The van der Waals surface area contributed by atoms with Crippen molar-refractivity contribution in [1.82, 2.24) is 9.80 Å². The number of hydrogen-bond donors (Lipinski definition) is 0. The maximum Gasteiger partial charge on any atom is 0.232 e. The summed E-state index contributed by atoms with van der Waals surface area (Å²) in [7, 11) is 6.10. The second-order valence-electron chi connectivity index (χ2n) is 8.01. The molecule has 1 aliphatic carbocycles. The zero-order valence-corrected chi connectivity index (χ0v) is 19.3. The van der Waals surface area contributed by atoms with Crippen LogP contribution in [-0.2, 0) is 4.79 Å². The van der Waals surface area contributed by atoms with Gasteiger partial charge in [0, 0.05) is 29.0 Å². The first kappa shape index (κ1) is 22.6. The Morgan fingerprint density at radius 3 is 2.41 bits per heavy atom. The minimum Gasteiger partial charge on any atom is -0.345 e. The molecule has 3 nitrogen and oxygen atoms in total. The van der Waals surface area contributed by atoms with Crippen LogP contribution in [0.5, 0.6) is 0 Å². The molecule has 1 amide bonds. The number of carbonyl (C=O) groups excluding carboxylic acids is 1. The molecule has 1 aliphatic rings. The fraction of sp³-hybridized carbons (Fsp3) is 0.682. The predicted molar refractivity (Wildman–Crippen MR) is 121 cm³/mol. The van der Waals surface area contributed by atoms with Gasteiger partial charge in [0.2, 0.25) is 5.91 Å². The van der Waals surface area contributed by atoms with Gasteiger partial charge in [0.1, 0.15) is 0 Å². The molecular weight excluding hydrogens is 372 g/mol. The summed E-state index contributed by atoms with van der Waals surface area (Å²) in [6, 6.07) is 6.81. The number of amides is 1.